The first kappa shape index (κ1) is 32.1. The average molecular weight is 506 g/mol. The number of rotatable bonds is 21. The van der Waals surface area contributed by atoms with Crippen LogP contribution in [0.15, 0.2) is 30.3 Å². The monoisotopic (exact) mass is 505 g/mol. The smallest absolute Gasteiger partial charge is 0.329 e. The highest BCUT2D eigenvalue weighted by molar-refractivity contribution is 5.81. The summed E-state index contributed by atoms with van der Waals surface area (Å²) in [5, 5.41) is 6.47. The third-order valence-corrected chi connectivity index (χ3v) is 5.92. The van der Waals surface area contributed by atoms with Gasteiger partial charge in [0.1, 0.15) is 0 Å². The van der Waals surface area contributed by atoms with Crippen LogP contribution in [-0.4, -0.2) is 44.2 Å². The third kappa shape index (κ3) is 16.7. The molecule has 0 saturated carbocycles. The molecule has 7 heteroatoms. The van der Waals surface area contributed by atoms with Gasteiger partial charge in [0, 0.05) is 32.8 Å². The van der Waals surface area contributed by atoms with Crippen molar-refractivity contribution in [2.45, 2.75) is 104 Å². The van der Waals surface area contributed by atoms with E-state index >= 15 is 0 Å². The maximum atomic E-state index is 12.8. The molecular formula is C29H51N3O4. The van der Waals surface area contributed by atoms with Crippen LogP contribution in [0, 0.1) is 5.41 Å². The number of amides is 1. The van der Waals surface area contributed by atoms with E-state index in [1.54, 1.807) is 0 Å². The van der Waals surface area contributed by atoms with Gasteiger partial charge in [0.05, 0.1) is 11.5 Å². The Hall–Kier alpha value is -1.96. The fourth-order valence-electron chi connectivity index (χ4n) is 3.57. The standard InChI is InChI=1S/C29H51N3O4/c1-5-6-7-8-9-15-22-35-23-16-20-30-27(33)26(31-24-25-17-11-10-12-18-25)19-13-14-21-32-36-28(34)29(2,3)4/h10-12,17-18,26,31-32H,5-9,13-16,19-24H2,1-4H3,(H,30,33). The third-order valence-electron chi connectivity index (χ3n) is 5.92. The molecule has 1 rings (SSSR count). The van der Waals surface area contributed by atoms with Gasteiger partial charge in [-0.1, -0.05) is 69.4 Å². The highest BCUT2D eigenvalue weighted by Gasteiger charge is 2.23. The summed E-state index contributed by atoms with van der Waals surface area (Å²) in [4.78, 5) is 29.7. The Labute approximate surface area is 219 Å². The van der Waals surface area contributed by atoms with Gasteiger partial charge in [0.15, 0.2) is 0 Å². The summed E-state index contributed by atoms with van der Waals surface area (Å²) in [6.45, 7) is 11.0. The van der Waals surface area contributed by atoms with Gasteiger partial charge in [-0.2, -0.15) is 5.48 Å². The van der Waals surface area contributed by atoms with Gasteiger partial charge < -0.3 is 20.2 Å². The molecule has 7 nitrogen and oxygen atoms in total. The summed E-state index contributed by atoms with van der Waals surface area (Å²) in [6, 6.07) is 9.82. The number of hydroxylamine groups is 1. The number of carbonyl (C=O) groups is 2. The minimum absolute atomic E-state index is 0.0222. The minimum atomic E-state index is -0.531. The number of hydrogen-bond acceptors (Lipinski definition) is 6. The lowest BCUT2D eigenvalue weighted by Crippen LogP contribution is -2.44. The van der Waals surface area contributed by atoms with E-state index < -0.39 is 5.41 Å². The van der Waals surface area contributed by atoms with Gasteiger partial charge in [0.25, 0.3) is 0 Å². The molecule has 0 bridgehead atoms. The van der Waals surface area contributed by atoms with Crippen LogP contribution in [0.25, 0.3) is 0 Å². The Morgan fingerprint density at radius 3 is 2.28 bits per heavy atom. The van der Waals surface area contributed by atoms with Gasteiger partial charge in [-0.05, 0) is 58.4 Å². The molecule has 1 aromatic rings. The minimum Gasteiger partial charge on any atom is -0.381 e. The molecule has 0 fully saturated rings. The summed E-state index contributed by atoms with van der Waals surface area (Å²) >= 11 is 0. The van der Waals surface area contributed by atoms with Crippen molar-refractivity contribution in [3.05, 3.63) is 35.9 Å². The van der Waals surface area contributed by atoms with E-state index in [0.29, 0.717) is 32.7 Å². The van der Waals surface area contributed by atoms with Crippen molar-refractivity contribution in [2.24, 2.45) is 5.41 Å². The van der Waals surface area contributed by atoms with E-state index in [1.807, 2.05) is 39.0 Å². The van der Waals surface area contributed by atoms with Crippen molar-refractivity contribution >= 4 is 11.9 Å². The van der Waals surface area contributed by atoms with Crippen LogP contribution in [0.2, 0.25) is 0 Å². The van der Waals surface area contributed by atoms with Gasteiger partial charge >= 0.3 is 5.97 Å². The largest absolute Gasteiger partial charge is 0.381 e. The van der Waals surface area contributed by atoms with Crippen molar-refractivity contribution < 1.29 is 19.2 Å². The number of ether oxygens (including phenoxy) is 1. The second kappa shape index (κ2) is 20.1. The second-order valence-electron chi connectivity index (χ2n) is 10.5. The maximum absolute atomic E-state index is 12.8. The zero-order chi connectivity index (χ0) is 26.5. The molecule has 0 aromatic heterocycles. The molecule has 0 aliphatic carbocycles. The molecule has 0 heterocycles. The lowest BCUT2D eigenvalue weighted by Gasteiger charge is -2.19. The van der Waals surface area contributed by atoms with Crippen molar-refractivity contribution in [1.82, 2.24) is 16.1 Å². The lowest BCUT2D eigenvalue weighted by molar-refractivity contribution is -0.160. The van der Waals surface area contributed by atoms with E-state index in [9.17, 15) is 9.59 Å². The van der Waals surface area contributed by atoms with Crippen molar-refractivity contribution in [3.8, 4) is 0 Å². The maximum Gasteiger partial charge on any atom is 0.329 e. The molecule has 0 radical (unpaired) electrons. The average Bonchev–Trinajstić information content (AvgIpc) is 2.86. The van der Waals surface area contributed by atoms with E-state index in [2.05, 4.69) is 35.2 Å². The molecule has 0 saturated heterocycles. The zero-order valence-corrected chi connectivity index (χ0v) is 23.2. The van der Waals surface area contributed by atoms with Crippen molar-refractivity contribution in [1.29, 1.82) is 0 Å². The van der Waals surface area contributed by atoms with E-state index in [0.717, 1.165) is 37.9 Å². The first-order valence-corrected chi connectivity index (χ1v) is 13.9. The molecule has 0 aliphatic rings. The molecule has 1 amide bonds. The Morgan fingerprint density at radius 1 is 0.861 bits per heavy atom. The van der Waals surface area contributed by atoms with Crippen LogP contribution in [0.3, 0.4) is 0 Å². The zero-order valence-electron chi connectivity index (χ0n) is 23.2. The van der Waals surface area contributed by atoms with Crippen LogP contribution in [0.5, 0.6) is 0 Å². The van der Waals surface area contributed by atoms with Crippen LogP contribution >= 0.6 is 0 Å². The highest BCUT2D eigenvalue weighted by Crippen LogP contribution is 2.14. The SMILES string of the molecule is CCCCCCCCOCCCNC(=O)C(CCCCNOC(=O)C(C)(C)C)NCc1ccccc1. The Kier molecular flexibility index (Phi) is 17.9. The normalized spacial score (nSPS) is 12.3. The topological polar surface area (TPSA) is 88.7 Å². The fraction of sp³-hybridized carbons (Fsp3) is 0.724. The summed E-state index contributed by atoms with van der Waals surface area (Å²) in [6.07, 6.45) is 10.7. The number of nitrogens with one attached hydrogen (secondary N) is 3. The fourth-order valence-corrected chi connectivity index (χ4v) is 3.57. The molecular weight excluding hydrogens is 454 g/mol. The first-order chi connectivity index (χ1) is 17.3. The molecule has 1 unspecified atom stereocenters. The Balaban J connectivity index is 2.28. The lowest BCUT2D eigenvalue weighted by atomic mass is 9.98. The highest BCUT2D eigenvalue weighted by atomic mass is 16.7. The molecule has 1 aromatic carbocycles. The Bertz CT molecular complexity index is 692. The summed E-state index contributed by atoms with van der Waals surface area (Å²) in [5.74, 6) is -0.255. The molecule has 0 spiro atoms. The first-order valence-electron chi connectivity index (χ1n) is 13.9. The van der Waals surface area contributed by atoms with Crippen LogP contribution in [-0.2, 0) is 25.7 Å². The molecule has 1 atom stereocenters. The van der Waals surface area contributed by atoms with Gasteiger partial charge in [-0.3, -0.25) is 4.79 Å². The summed E-state index contributed by atoms with van der Waals surface area (Å²) in [7, 11) is 0. The molecule has 0 aliphatic heterocycles. The van der Waals surface area contributed by atoms with Gasteiger partial charge in [-0.15, -0.1) is 0 Å². The van der Waals surface area contributed by atoms with Crippen LogP contribution in [0.4, 0.5) is 0 Å². The van der Waals surface area contributed by atoms with Crippen molar-refractivity contribution in [3.63, 3.8) is 0 Å². The van der Waals surface area contributed by atoms with E-state index in [4.69, 9.17) is 9.57 Å². The quantitative estimate of drug-likeness (QED) is 0.155. The van der Waals surface area contributed by atoms with E-state index in [1.165, 1.54) is 32.1 Å². The van der Waals surface area contributed by atoms with E-state index in [-0.39, 0.29) is 17.9 Å². The van der Waals surface area contributed by atoms with Gasteiger partial charge in [0.2, 0.25) is 5.91 Å². The molecule has 36 heavy (non-hydrogen) atoms. The number of hydrogen-bond donors (Lipinski definition) is 3. The van der Waals surface area contributed by atoms with Crippen molar-refractivity contribution in [2.75, 3.05) is 26.3 Å². The van der Waals surface area contributed by atoms with Crippen LogP contribution < -0.4 is 16.1 Å². The number of unbranched alkanes of at least 4 members (excludes halogenated alkanes) is 6. The second-order valence-corrected chi connectivity index (χ2v) is 10.5. The van der Waals surface area contributed by atoms with Gasteiger partial charge in [-0.25, -0.2) is 4.79 Å². The predicted molar refractivity (Wildman–Crippen MR) is 146 cm³/mol. The van der Waals surface area contributed by atoms with Crippen LogP contribution in [0.1, 0.15) is 97.5 Å². The number of benzene rings is 1. The predicted octanol–water partition coefficient (Wildman–Crippen LogP) is 5.29. The summed E-state index contributed by atoms with van der Waals surface area (Å²) < 4.78 is 5.72. The number of carbonyl (C=O) groups excluding carboxylic acids is 2. The summed E-state index contributed by atoms with van der Waals surface area (Å²) in [5.41, 5.74) is 3.36. The Morgan fingerprint density at radius 2 is 1.56 bits per heavy atom. The molecule has 206 valence electrons. The molecule has 3 N–H and O–H groups in total.